The third kappa shape index (κ3) is 5.03. The Bertz CT molecular complexity index is 391. The molecule has 0 radical (unpaired) electrons. The zero-order chi connectivity index (χ0) is 13.5. The van der Waals surface area contributed by atoms with Crippen LogP contribution in [0.25, 0.3) is 0 Å². The van der Waals surface area contributed by atoms with Gasteiger partial charge in [0.1, 0.15) is 11.5 Å². The van der Waals surface area contributed by atoms with E-state index in [1.54, 1.807) is 6.92 Å². The van der Waals surface area contributed by atoms with Crippen molar-refractivity contribution in [3.8, 4) is 5.75 Å². The average molecular weight is 262 g/mol. The summed E-state index contributed by atoms with van der Waals surface area (Å²) in [5, 5.41) is 0. The number of aryl methyl sites for hydroxylation is 1. The molecule has 1 unspecified atom stereocenters. The van der Waals surface area contributed by atoms with Crippen molar-refractivity contribution in [2.75, 3.05) is 13.2 Å². The molecule has 19 heavy (non-hydrogen) atoms. The van der Waals surface area contributed by atoms with Gasteiger partial charge in [-0.15, -0.1) is 0 Å². The fourth-order valence-corrected chi connectivity index (χ4v) is 2.25. The molecule has 1 saturated heterocycles. The number of carbonyl (C=O) groups is 1. The van der Waals surface area contributed by atoms with Crippen molar-refractivity contribution in [3.05, 3.63) is 29.8 Å². The van der Waals surface area contributed by atoms with Gasteiger partial charge in [-0.25, -0.2) is 0 Å². The highest BCUT2D eigenvalue weighted by molar-refractivity contribution is 5.75. The molecule has 0 N–H and O–H groups in total. The Morgan fingerprint density at radius 1 is 1.37 bits per heavy atom. The van der Waals surface area contributed by atoms with E-state index in [9.17, 15) is 4.79 Å². The Balaban J connectivity index is 1.70. The van der Waals surface area contributed by atoms with Gasteiger partial charge in [0.25, 0.3) is 0 Å². The fourth-order valence-electron chi connectivity index (χ4n) is 2.25. The van der Waals surface area contributed by atoms with Gasteiger partial charge >= 0.3 is 0 Å². The number of ketones is 1. The van der Waals surface area contributed by atoms with E-state index in [1.807, 2.05) is 24.3 Å². The number of rotatable bonds is 7. The van der Waals surface area contributed by atoms with E-state index in [0.717, 1.165) is 31.6 Å². The molecule has 0 amide bonds. The molecule has 0 aromatic heterocycles. The number of hydrogen-bond donors (Lipinski definition) is 0. The normalized spacial score (nSPS) is 18.5. The minimum Gasteiger partial charge on any atom is -0.493 e. The first-order valence-corrected chi connectivity index (χ1v) is 7.07. The number of ether oxygens (including phenoxy) is 2. The Morgan fingerprint density at radius 2 is 2.16 bits per heavy atom. The number of Topliss-reactive ketones (excluding diaryl/α,β-unsaturated/α-hetero) is 1. The van der Waals surface area contributed by atoms with E-state index in [1.165, 1.54) is 12.0 Å². The Morgan fingerprint density at radius 3 is 2.79 bits per heavy atom. The van der Waals surface area contributed by atoms with Crippen molar-refractivity contribution < 1.29 is 14.3 Å². The molecule has 0 aliphatic carbocycles. The van der Waals surface area contributed by atoms with E-state index in [4.69, 9.17) is 9.47 Å². The first-order valence-electron chi connectivity index (χ1n) is 7.07. The first-order chi connectivity index (χ1) is 9.24. The van der Waals surface area contributed by atoms with Gasteiger partial charge < -0.3 is 14.3 Å². The highest BCUT2D eigenvalue weighted by Crippen LogP contribution is 2.17. The lowest BCUT2D eigenvalue weighted by molar-refractivity contribution is -0.116. The number of carbonyl (C=O) groups excluding carboxylic acids is 1. The standard InChI is InChI=1S/C16H22O3/c1-13(17)4-5-14-6-8-16(9-7-14)19-12-10-15-3-2-11-18-15/h6-9,15H,2-5,10-12H2,1H3. The molecular formula is C16H22O3. The predicted molar refractivity (Wildman–Crippen MR) is 74.5 cm³/mol. The number of hydrogen-bond acceptors (Lipinski definition) is 3. The molecular weight excluding hydrogens is 240 g/mol. The molecule has 104 valence electrons. The van der Waals surface area contributed by atoms with Crippen LogP contribution in [0.5, 0.6) is 5.75 Å². The van der Waals surface area contributed by atoms with Crippen molar-refractivity contribution in [3.63, 3.8) is 0 Å². The van der Waals surface area contributed by atoms with Gasteiger partial charge in [-0.05, 0) is 43.9 Å². The minimum absolute atomic E-state index is 0.233. The van der Waals surface area contributed by atoms with Crippen LogP contribution in [0.1, 0.15) is 38.2 Å². The smallest absolute Gasteiger partial charge is 0.130 e. The van der Waals surface area contributed by atoms with E-state index in [-0.39, 0.29) is 5.78 Å². The fraction of sp³-hybridized carbons (Fsp3) is 0.562. The zero-order valence-electron chi connectivity index (χ0n) is 11.6. The topological polar surface area (TPSA) is 35.5 Å². The van der Waals surface area contributed by atoms with Crippen molar-refractivity contribution in [1.82, 2.24) is 0 Å². The second-order valence-corrected chi connectivity index (χ2v) is 5.12. The third-order valence-electron chi connectivity index (χ3n) is 3.42. The van der Waals surface area contributed by atoms with E-state index in [2.05, 4.69) is 0 Å². The second kappa shape index (κ2) is 7.29. The largest absolute Gasteiger partial charge is 0.493 e. The maximum atomic E-state index is 10.9. The SMILES string of the molecule is CC(=O)CCc1ccc(OCCC2CCCO2)cc1. The average Bonchev–Trinajstić information content (AvgIpc) is 2.91. The Hall–Kier alpha value is -1.35. The summed E-state index contributed by atoms with van der Waals surface area (Å²) in [6.45, 7) is 3.23. The summed E-state index contributed by atoms with van der Waals surface area (Å²) in [7, 11) is 0. The van der Waals surface area contributed by atoms with Crippen LogP contribution in [0.15, 0.2) is 24.3 Å². The lowest BCUT2D eigenvalue weighted by Crippen LogP contribution is -2.10. The third-order valence-corrected chi connectivity index (χ3v) is 3.42. The lowest BCUT2D eigenvalue weighted by Gasteiger charge is -2.11. The van der Waals surface area contributed by atoms with Crippen molar-refractivity contribution >= 4 is 5.78 Å². The van der Waals surface area contributed by atoms with Gasteiger partial charge in [0.05, 0.1) is 12.7 Å². The van der Waals surface area contributed by atoms with Crippen LogP contribution in [0.2, 0.25) is 0 Å². The van der Waals surface area contributed by atoms with E-state index >= 15 is 0 Å². The summed E-state index contributed by atoms with van der Waals surface area (Å²) in [6, 6.07) is 8.02. The number of benzene rings is 1. The highest BCUT2D eigenvalue weighted by Gasteiger charge is 2.14. The van der Waals surface area contributed by atoms with Gasteiger partial charge in [0.15, 0.2) is 0 Å². The van der Waals surface area contributed by atoms with Crippen molar-refractivity contribution in [1.29, 1.82) is 0 Å². The Labute approximate surface area is 114 Å². The molecule has 1 aromatic carbocycles. The van der Waals surface area contributed by atoms with Crippen LogP contribution < -0.4 is 4.74 Å². The quantitative estimate of drug-likeness (QED) is 0.757. The van der Waals surface area contributed by atoms with Crippen LogP contribution in [0.4, 0.5) is 0 Å². The van der Waals surface area contributed by atoms with E-state index in [0.29, 0.717) is 19.1 Å². The summed E-state index contributed by atoms with van der Waals surface area (Å²) in [6.07, 6.45) is 5.11. The molecule has 1 heterocycles. The van der Waals surface area contributed by atoms with Gasteiger partial charge in [-0.3, -0.25) is 0 Å². The van der Waals surface area contributed by atoms with Crippen LogP contribution in [-0.2, 0) is 16.0 Å². The van der Waals surface area contributed by atoms with Gasteiger partial charge in [0.2, 0.25) is 0 Å². The minimum atomic E-state index is 0.233. The van der Waals surface area contributed by atoms with Crippen LogP contribution in [0, 0.1) is 0 Å². The van der Waals surface area contributed by atoms with Gasteiger partial charge in [-0.1, -0.05) is 12.1 Å². The van der Waals surface area contributed by atoms with Gasteiger partial charge in [0, 0.05) is 19.4 Å². The molecule has 1 aromatic rings. The molecule has 1 fully saturated rings. The molecule has 3 nitrogen and oxygen atoms in total. The molecule has 0 saturated carbocycles. The zero-order valence-corrected chi connectivity index (χ0v) is 11.6. The summed E-state index contributed by atoms with van der Waals surface area (Å²) in [4.78, 5) is 10.9. The Kier molecular flexibility index (Phi) is 5.40. The summed E-state index contributed by atoms with van der Waals surface area (Å²) in [5.41, 5.74) is 1.18. The van der Waals surface area contributed by atoms with E-state index < -0.39 is 0 Å². The second-order valence-electron chi connectivity index (χ2n) is 5.12. The lowest BCUT2D eigenvalue weighted by atomic mass is 10.1. The maximum Gasteiger partial charge on any atom is 0.130 e. The maximum absolute atomic E-state index is 10.9. The van der Waals surface area contributed by atoms with Crippen molar-refractivity contribution in [2.24, 2.45) is 0 Å². The molecule has 1 aliphatic rings. The molecule has 0 bridgehead atoms. The summed E-state index contributed by atoms with van der Waals surface area (Å²) >= 11 is 0. The monoisotopic (exact) mass is 262 g/mol. The first kappa shape index (κ1) is 14.1. The van der Waals surface area contributed by atoms with Gasteiger partial charge in [-0.2, -0.15) is 0 Å². The molecule has 0 spiro atoms. The molecule has 2 rings (SSSR count). The summed E-state index contributed by atoms with van der Waals surface area (Å²) < 4.78 is 11.3. The summed E-state index contributed by atoms with van der Waals surface area (Å²) in [5.74, 6) is 1.13. The molecule has 1 atom stereocenters. The van der Waals surface area contributed by atoms with Crippen molar-refractivity contribution in [2.45, 2.75) is 45.1 Å². The molecule has 3 heteroatoms. The molecule has 1 aliphatic heterocycles. The van der Waals surface area contributed by atoms with Crippen LogP contribution in [0.3, 0.4) is 0 Å². The van der Waals surface area contributed by atoms with Crippen LogP contribution >= 0.6 is 0 Å². The van der Waals surface area contributed by atoms with Crippen LogP contribution in [-0.4, -0.2) is 25.1 Å². The predicted octanol–water partition coefficient (Wildman–Crippen LogP) is 3.16. The highest BCUT2D eigenvalue weighted by atomic mass is 16.5.